The number of nitrogens with zero attached hydrogens (tertiary/aromatic N) is 1. The first-order valence-electron chi connectivity index (χ1n) is 6.17. The number of fused-ring (bicyclic) bond motifs is 1. The van der Waals surface area contributed by atoms with Crippen molar-refractivity contribution in [1.29, 1.82) is 0 Å². The maximum Gasteiger partial charge on any atom is 0.0373 e. The average Bonchev–Trinajstić information content (AvgIpc) is 2.73. The van der Waals surface area contributed by atoms with Crippen LogP contribution in [-0.2, 0) is 0 Å². The summed E-state index contributed by atoms with van der Waals surface area (Å²) in [5.74, 6) is 1.63. The first-order chi connectivity index (χ1) is 7.83. The highest BCUT2D eigenvalue weighted by Gasteiger charge is 2.29. The molecule has 0 radical (unpaired) electrons. The maximum atomic E-state index is 4.38. The van der Waals surface area contributed by atoms with Crippen molar-refractivity contribution in [2.45, 2.75) is 19.8 Å². The number of aromatic nitrogens is 1. The molecule has 2 heteroatoms. The van der Waals surface area contributed by atoms with Gasteiger partial charge in [0.1, 0.15) is 0 Å². The van der Waals surface area contributed by atoms with E-state index in [-0.39, 0.29) is 0 Å². The summed E-state index contributed by atoms with van der Waals surface area (Å²) in [6.45, 7) is 4.40. The van der Waals surface area contributed by atoms with Gasteiger partial charge in [0.15, 0.2) is 0 Å². The summed E-state index contributed by atoms with van der Waals surface area (Å²) in [6.07, 6.45) is 7.03. The number of hydrogen-bond donors (Lipinski definition) is 1. The van der Waals surface area contributed by atoms with Gasteiger partial charge in [0.25, 0.3) is 0 Å². The van der Waals surface area contributed by atoms with Crippen molar-refractivity contribution in [2.24, 2.45) is 11.8 Å². The highest BCUT2D eigenvalue weighted by Crippen LogP contribution is 2.38. The minimum absolute atomic E-state index is 0.803. The smallest absolute Gasteiger partial charge is 0.0373 e. The SMILES string of the molecule is Cc1ccc(C2=C[C@H]3CCNC[C@H]3C2)cn1. The third-order valence-electron chi connectivity index (χ3n) is 3.85. The van der Waals surface area contributed by atoms with E-state index in [4.69, 9.17) is 0 Å². The Labute approximate surface area is 96.8 Å². The molecule has 0 amide bonds. The van der Waals surface area contributed by atoms with Crippen molar-refractivity contribution >= 4 is 5.57 Å². The van der Waals surface area contributed by atoms with Gasteiger partial charge in [-0.25, -0.2) is 0 Å². The average molecular weight is 214 g/mol. The van der Waals surface area contributed by atoms with Gasteiger partial charge in [-0.15, -0.1) is 0 Å². The Morgan fingerprint density at radius 2 is 2.31 bits per heavy atom. The van der Waals surface area contributed by atoms with Crippen LogP contribution in [0.2, 0.25) is 0 Å². The Hall–Kier alpha value is -1.15. The first kappa shape index (κ1) is 10.0. The Bertz CT molecular complexity index is 405. The predicted molar refractivity (Wildman–Crippen MR) is 66.0 cm³/mol. The van der Waals surface area contributed by atoms with Crippen molar-refractivity contribution in [1.82, 2.24) is 10.3 Å². The molecular weight excluding hydrogens is 196 g/mol. The van der Waals surface area contributed by atoms with E-state index in [1.165, 1.54) is 37.1 Å². The zero-order valence-corrected chi connectivity index (χ0v) is 9.74. The summed E-state index contributed by atoms with van der Waals surface area (Å²) in [6, 6.07) is 4.31. The summed E-state index contributed by atoms with van der Waals surface area (Å²) >= 11 is 0. The van der Waals surface area contributed by atoms with Crippen molar-refractivity contribution in [3.05, 3.63) is 35.7 Å². The van der Waals surface area contributed by atoms with Gasteiger partial charge in [-0.2, -0.15) is 0 Å². The second-order valence-electron chi connectivity index (χ2n) is 5.00. The largest absolute Gasteiger partial charge is 0.316 e. The van der Waals surface area contributed by atoms with Crippen LogP contribution in [0.1, 0.15) is 24.1 Å². The summed E-state index contributed by atoms with van der Waals surface area (Å²) in [5, 5.41) is 3.49. The second-order valence-corrected chi connectivity index (χ2v) is 5.00. The van der Waals surface area contributed by atoms with Crippen LogP contribution in [0.4, 0.5) is 0 Å². The summed E-state index contributed by atoms with van der Waals surface area (Å²) in [5.41, 5.74) is 3.92. The Morgan fingerprint density at radius 1 is 1.38 bits per heavy atom. The van der Waals surface area contributed by atoms with Gasteiger partial charge in [-0.1, -0.05) is 12.1 Å². The molecule has 3 rings (SSSR count). The minimum Gasteiger partial charge on any atom is -0.316 e. The maximum absolute atomic E-state index is 4.38. The Balaban J connectivity index is 1.83. The van der Waals surface area contributed by atoms with Crippen LogP contribution in [0.25, 0.3) is 5.57 Å². The number of hydrogen-bond acceptors (Lipinski definition) is 2. The number of piperidine rings is 1. The van der Waals surface area contributed by atoms with Crippen LogP contribution in [0, 0.1) is 18.8 Å². The lowest BCUT2D eigenvalue weighted by atomic mass is 9.89. The highest BCUT2D eigenvalue weighted by molar-refractivity contribution is 5.67. The number of rotatable bonds is 1. The molecule has 0 saturated carbocycles. The molecule has 1 fully saturated rings. The Morgan fingerprint density at radius 3 is 3.06 bits per heavy atom. The lowest BCUT2D eigenvalue weighted by molar-refractivity contribution is 0.324. The van der Waals surface area contributed by atoms with Crippen molar-refractivity contribution in [3.63, 3.8) is 0 Å². The molecule has 1 aromatic rings. The fraction of sp³-hybridized carbons (Fsp3) is 0.500. The van der Waals surface area contributed by atoms with E-state index in [2.05, 4.69) is 28.5 Å². The zero-order chi connectivity index (χ0) is 11.0. The van der Waals surface area contributed by atoms with Gasteiger partial charge in [0.2, 0.25) is 0 Å². The molecule has 16 heavy (non-hydrogen) atoms. The molecule has 2 nitrogen and oxygen atoms in total. The molecule has 84 valence electrons. The highest BCUT2D eigenvalue weighted by atomic mass is 14.9. The molecule has 1 N–H and O–H groups in total. The van der Waals surface area contributed by atoms with E-state index in [1.807, 2.05) is 13.1 Å². The molecule has 0 aromatic carbocycles. The standard InChI is InChI=1S/C14H18N2/c1-10-2-3-12(9-16-10)13-6-11-4-5-15-8-14(11)7-13/h2-3,6,9,11,14-15H,4-5,7-8H2,1H3/t11-,14-/m1/s1. The third kappa shape index (κ3) is 1.78. The molecule has 1 aliphatic carbocycles. The van der Waals surface area contributed by atoms with Crippen molar-refractivity contribution < 1.29 is 0 Å². The first-order valence-corrected chi connectivity index (χ1v) is 6.17. The van der Waals surface area contributed by atoms with Gasteiger partial charge >= 0.3 is 0 Å². The van der Waals surface area contributed by atoms with E-state index in [0.717, 1.165) is 17.5 Å². The normalized spacial score (nSPS) is 28.7. The van der Waals surface area contributed by atoms with Crippen LogP contribution in [0.3, 0.4) is 0 Å². The van der Waals surface area contributed by atoms with Crippen LogP contribution in [-0.4, -0.2) is 18.1 Å². The second kappa shape index (κ2) is 4.02. The zero-order valence-electron chi connectivity index (χ0n) is 9.74. The van der Waals surface area contributed by atoms with E-state index in [1.54, 1.807) is 0 Å². The fourth-order valence-corrected chi connectivity index (χ4v) is 2.87. The molecular formula is C14H18N2. The number of allylic oxidation sites excluding steroid dienone is 2. The van der Waals surface area contributed by atoms with Crippen LogP contribution in [0.5, 0.6) is 0 Å². The lowest BCUT2D eigenvalue weighted by Gasteiger charge is -2.25. The molecule has 1 saturated heterocycles. The van der Waals surface area contributed by atoms with Crippen molar-refractivity contribution in [3.8, 4) is 0 Å². The molecule has 0 spiro atoms. The number of pyridine rings is 1. The molecule has 2 aliphatic rings. The molecule has 0 unspecified atom stereocenters. The van der Waals surface area contributed by atoms with Gasteiger partial charge in [0.05, 0.1) is 0 Å². The minimum atomic E-state index is 0.803. The van der Waals surface area contributed by atoms with Crippen LogP contribution >= 0.6 is 0 Å². The Kier molecular flexibility index (Phi) is 2.52. The predicted octanol–water partition coefficient (Wildman–Crippen LogP) is 2.40. The summed E-state index contributed by atoms with van der Waals surface area (Å²) in [7, 11) is 0. The number of aryl methyl sites for hydroxylation is 1. The van der Waals surface area contributed by atoms with Gasteiger partial charge in [0, 0.05) is 11.9 Å². The van der Waals surface area contributed by atoms with Crippen LogP contribution in [0.15, 0.2) is 24.4 Å². The molecule has 2 atom stereocenters. The van der Waals surface area contributed by atoms with Crippen molar-refractivity contribution in [2.75, 3.05) is 13.1 Å². The van der Waals surface area contributed by atoms with E-state index in [0.29, 0.717) is 0 Å². The summed E-state index contributed by atoms with van der Waals surface area (Å²) in [4.78, 5) is 4.38. The van der Waals surface area contributed by atoms with Crippen LogP contribution < -0.4 is 5.32 Å². The van der Waals surface area contributed by atoms with E-state index < -0.39 is 0 Å². The van der Waals surface area contributed by atoms with E-state index in [9.17, 15) is 0 Å². The summed E-state index contributed by atoms with van der Waals surface area (Å²) < 4.78 is 0. The molecule has 1 aromatic heterocycles. The topological polar surface area (TPSA) is 24.9 Å². The molecule has 2 heterocycles. The quantitative estimate of drug-likeness (QED) is 0.776. The lowest BCUT2D eigenvalue weighted by Crippen LogP contribution is -2.33. The van der Waals surface area contributed by atoms with Gasteiger partial charge < -0.3 is 5.32 Å². The molecule has 1 aliphatic heterocycles. The van der Waals surface area contributed by atoms with E-state index >= 15 is 0 Å². The number of nitrogens with one attached hydrogen (secondary N) is 1. The van der Waals surface area contributed by atoms with Gasteiger partial charge in [-0.3, -0.25) is 4.98 Å². The van der Waals surface area contributed by atoms with Gasteiger partial charge in [-0.05, 0) is 61.9 Å². The monoisotopic (exact) mass is 214 g/mol. The third-order valence-corrected chi connectivity index (χ3v) is 3.85. The molecule has 0 bridgehead atoms. The fourth-order valence-electron chi connectivity index (χ4n) is 2.87.